The molecule has 106 valence electrons. The first-order valence-corrected chi connectivity index (χ1v) is 6.53. The van der Waals surface area contributed by atoms with Crippen molar-refractivity contribution in [2.75, 3.05) is 33.3 Å². The van der Waals surface area contributed by atoms with Gasteiger partial charge in [0, 0.05) is 13.1 Å². The molecule has 0 aromatic rings. The van der Waals surface area contributed by atoms with Crippen molar-refractivity contribution in [2.24, 2.45) is 0 Å². The van der Waals surface area contributed by atoms with Crippen LogP contribution in [0.3, 0.4) is 0 Å². The van der Waals surface area contributed by atoms with Crippen LogP contribution in [-0.2, 0) is 14.3 Å². The summed E-state index contributed by atoms with van der Waals surface area (Å²) in [7, 11) is 1.35. The van der Waals surface area contributed by atoms with Gasteiger partial charge in [-0.3, -0.25) is 19.4 Å². The highest BCUT2D eigenvalue weighted by Crippen LogP contribution is 2.18. The molecule has 0 saturated carbocycles. The predicted molar refractivity (Wildman–Crippen MR) is 66.3 cm³/mol. The van der Waals surface area contributed by atoms with E-state index in [0.717, 1.165) is 12.8 Å². The van der Waals surface area contributed by atoms with Crippen LogP contribution in [0.2, 0.25) is 0 Å². The van der Waals surface area contributed by atoms with Gasteiger partial charge in [0.05, 0.1) is 13.7 Å². The van der Waals surface area contributed by atoms with E-state index in [2.05, 4.69) is 5.32 Å². The molecule has 0 radical (unpaired) electrons. The standard InChI is InChI=1S/C12H19N3O4/c1-19-11(17)9-4-2-3-6-14(9)8-10(16)15-7-5-13-12(15)18/h9H,2-8H2,1H3,(H,13,18)/t9-/m1/s1. The summed E-state index contributed by atoms with van der Waals surface area (Å²) in [5.41, 5.74) is 0. The summed E-state index contributed by atoms with van der Waals surface area (Å²) in [5.74, 6) is -0.566. The molecule has 7 nitrogen and oxygen atoms in total. The van der Waals surface area contributed by atoms with E-state index in [1.54, 1.807) is 0 Å². The Morgan fingerprint density at radius 3 is 2.79 bits per heavy atom. The highest BCUT2D eigenvalue weighted by molar-refractivity contribution is 5.96. The minimum atomic E-state index is -0.367. The smallest absolute Gasteiger partial charge is 0.324 e. The summed E-state index contributed by atoms with van der Waals surface area (Å²) >= 11 is 0. The van der Waals surface area contributed by atoms with Crippen molar-refractivity contribution in [3.8, 4) is 0 Å². The molecule has 2 rings (SSSR count). The zero-order chi connectivity index (χ0) is 13.8. The zero-order valence-corrected chi connectivity index (χ0v) is 11.1. The van der Waals surface area contributed by atoms with Gasteiger partial charge in [-0.15, -0.1) is 0 Å². The number of likely N-dealkylation sites (tertiary alicyclic amines) is 1. The summed E-state index contributed by atoms with van der Waals surface area (Å²) in [5, 5.41) is 2.59. The molecule has 2 fully saturated rings. The predicted octanol–water partition coefficient (Wildman–Crippen LogP) is -0.434. The number of hydrogen-bond donors (Lipinski definition) is 1. The van der Waals surface area contributed by atoms with E-state index in [0.29, 0.717) is 26.1 Å². The average Bonchev–Trinajstić information content (AvgIpc) is 2.85. The highest BCUT2D eigenvalue weighted by Gasteiger charge is 2.33. The minimum Gasteiger partial charge on any atom is -0.468 e. The second-order valence-electron chi connectivity index (χ2n) is 4.78. The van der Waals surface area contributed by atoms with Gasteiger partial charge in [0.1, 0.15) is 6.04 Å². The van der Waals surface area contributed by atoms with Crippen LogP contribution in [-0.4, -0.2) is 67.0 Å². The Balaban J connectivity index is 1.97. The molecule has 2 aliphatic heterocycles. The summed E-state index contributed by atoms with van der Waals surface area (Å²) in [6.45, 7) is 1.66. The number of carbonyl (C=O) groups excluding carboxylic acids is 3. The van der Waals surface area contributed by atoms with Gasteiger partial charge in [-0.05, 0) is 19.4 Å². The van der Waals surface area contributed by atoms with Gasteiger partial charge >= 0.3 is 12.0 Å². The van der Waals surface area contributed by atoms with E-state index in [9.17, 15) is 14.4 Å². The van der Waals surface area contributed by atoms with Crippen molar-refractivity contribution in [1.82, 2.24) is 15.1 Å². The lowest BCUT2D eigenvalue weighted by atomic mass is 10.0. The number of carbonyl (C=O) groups is 3. The largest absolute Gasteiger partial charge is 0.468 e. The lowest BCUT2D eigenvalue weighted by Crippen LogP contribution is -2.50. The summed E-state index contributed by atoms with van der Waals surface area (Å²) in [6, 6.07) is -0.718. The molecule has 0 spiro atoms. The van der Waals surface area contributed by atoms with Crippen LogP contribution in [0.4, 0.5) is 4.79 Å². The summed E-state index contributed by atoms with van der Waals surface area (Å²) < 4.78 is 4.76. The third kappa shape index (κ3) is 3.04. The van der Waals surface area contributed by atoms with Gasteiger partial charge in [0.25, 0.3) is 0 Å². The van der Waals surface area contributed by atoms with Gasteiger partial charge in [-0.1, -0.05) is 6.42 Å². The van der Waals surface area contributed by atoms with Gasteiger partial charge in [-0.2, -0.15) is 0 Å². The molecule has 0 bridgehead atoms. The van der Waals surface area contributed by atoms with E-state index < -0.39 is 0 Å². The molecule has 3 amide bonds. The first-order chi connectivity index (χ1) is 9.13. The number of nitrogens with zero attached hydrogens (tertiary/aromatic N) is 2. The highest BCUT2D eigenvalue weighted by atomic mass is 16.5. The normalized spacial score (nSPS) is 24.2. The number of piperidine rings is 1. The maximum atomic E-state index is 12.1. The maximum Gasteiger partial charge on any atom is 0.324 e. The lowest BCUT2D eigenvalue weighted by Gasteiger charge is -2.33. The van der Waals surface area contributed by atoms with Crippen molar-refractivity contribution in [3.63, 3.8) is 0 Å². The topological polar surface area (TPSA) is 79.0 Å². The van der Waals surface area contributed by atoms with Gasteiger partial charge in [0.15, 0.2) is 0 Å². The second-order valence-corrected chi connectivity index (χ2v) is 4.78. The second kappa shape index (κ2) is 6.01. The van der Waals surface area contributed by atoms with E-state index in [1.165, 1.54) is 12.0 Å². The van der Waals surface area contributed by atoms with Crippen LogP contribution in [0.15, 0.2) is 0 Å². The minimum absolute atomic E-state index is 0.0905. The molecule has 19 heavy (non-hydrogen) atoms. The molecule has 2 saturated heterocycles. The fourth-order valence-corrected chi connectivity index (χ4v) is 2.55. The van der Waals surface area contributed by atoms with Crippen molar-refractivity contribution in [3.05, 3.63) is 0 Å². The Morgan fingerprint density at radius 1 is 1.37 bits per heavy atom. The number of methoxy groups -OCH3 is 1. The average molecular weight is 269 g/mol. The number of rotatable bonds is 3. The maximum absolute atomic E-state index is 12.1. The number of amides is 3. The van der Waals surface area contributed by atoms with E-state index in [-0.39, 0.29) is 30.5 Å². The van der Waals surface area contributed by atoms with Gasteiger partial charge in [0.2, 0.25) is 5.91 Å². The van der Waals surface area contributed by atoms with Crippen molar-refractivity contribution in [1.29, 1.82) is 0 Å². The van der Waals surface area contributed by atoms with Gasteiger partial charge in [-0.25, -0.2) is 4.79 Å². The number of ether oxygens (including phenoxy) is 1. The zero-order valence-electron chi connectivity index (χ0n) is 11.1. The Hall–Kier alpha value is -1.63. The lowest BCUT2D eigenvalue weighted by molar-refractivity contribution is -0.149. The Labute approximate surface area is 111 Å². The first-order valence-electron chi connectivity index (χ1n) is 6.53. The Morgan fingerprint density at radius 2 is 2.16 bits per heavy atom. The van der Waals surface area contributed by atoms with E-state index >= 15 is 0 Å². The quantitative estimate of drug-likeness (QED) is 0.703. The molecule has 0 aromatic carbocycles. The Kier molecular flexibility index (Phi) is 4.36. The molecular formula is C12H19N3O4. The van der Waals surface area contributed by atoms with Crippen molar-refractivity contribution >= 4 is 17.9 Å². The molecule has 7 heteroatoms. The number of urea groups is 1. The van der Waals surface area contributed by atoms with Crippen LogP contribution in [0.1, 0.15) is 19.3 Å². The van der Waals surface area contributed by atoms with Crippen molar-refractivity contribution in [2.45, 2.75) is 25.3 Å². The van der Waals surface area contributed by atoms with E-state index in [4.69, 9.17) is 4.74 Å². The molecule has 0 unspecified atom stereocenters. The molecule has 2 aliphatic rings. The Bertz CT molecular complexity index is 385. The van der Waals surface area contributed by atoms with Crippen molar-refractivity contribution < 1.29 is 19.1 Å². The summed E-state index contributed by atoms with van der Waals surface area (Å²) in [6.07, 6.45) is 2.60. The monoisotopic (exact) mass is 269 g/mol. The first kappa shape index (κ1) is 13.8. The fourth-order valence-electron chi connectivity index (χ4n) is 2.55. The molecule has 2 heterocycles. The number of imide groups is 1. The van der Waals surface area contributed by atoms with Gasteiger partial charge < -0.3 is 10.1 Å². The number of hydrogen-bond acceptors (Lipinski definition) is 5. The molecular weight excluding hydrogens is 250 g/mol. The summed E-state index contributed by atoms with van der Waals surface area (Å²) in [4.78, 5) is 38.1. The number of esters is 1. The number of nitrogens with one attached hydrogen (secondary N) is 1. The SMILES string of the molecule is COC(=O)[C@H]1CCCCN1CC(=O)N1CCNC1=O. The molecule has 0 aliphatic carbocycles. The van der Waals surface area contributed by atoms with Crippen LogP contribution >= 0.6 is 0 Å². The van der Waals surface area contributed by atoms with Crippen LogP contribution in [0.25, 0.3) is 0 Å². The third-order valence-electron chi connectivity index (χ3n) is 3.58. The molecule has 0 aromatic heterocycles. The third-order valence-corrected chi connectivity index (χ3v) is 3.58. The van der Waals surface area contributed by atoms with E-state index in [1.807, 2.05) is 4.90 Å². The fraction of sp³-hybridized carbons (Fsp3) is 0.750. The van der Waals surface area contributed by atoms with Crippen LogP contribution < -0.4 is 5.32 Å². The van der Waals surface area contributed by atoms with Crippen LogP contribution in [0, 0.1) is 0 Å². The molecule has 1 atom stereocenters. The molecule has 1 N–H and O–H groups in total. The van der Waals surface area contributed by atoms with Crippen LogP contribution in [0.5, 0.6) is 0 Å².